The lowest BCUT2D eigenvalue weighted by Gasteiger charge is -2.29. The van der Waals surface area contributed by atoms with E-state index in [9.17, 15) is 8.42 Å². The second kappa shape index (κ2) is 4.49. The van der Waals surface area contributed by atoms with Gasteiger partial charge in [-0.1, -0.05) is 0 Å². The lowest BCUT2D eigenvalue weighted by Crippen LogP contribution is -2.34. The first-order chi connectivity index (χ1) is 9.35. The molecule has 1 aromatic carbocycles. The number of aromatic amines is 1. The van der Waals surface area contributed by atoms with E-state index in [1.54, 1.807) is 6.07 Å². The van der Waals surface area contributed by atoms with Gasteiger partial charge in [-0.2, -0.15) is 8.42 Å². The fraction of sp³-hybridized carbons (Fsp3) is 0.429. The SMILES string of the molecule is CN(C)C1Cc2c[nH]c3ccc(OS(C)(=O)=O)c(c23)C1. The molecule has 1 N–H and O–H groups in total. The predicted octanol–water partition coefficient (Wildman–Crippen LogP) is 1.54. The van der Waals surface area contributed by atoms with Crippen LogP contribution >= 0.6 is 0 Å². The molecule has 2 aromatic rings. The van der Waals surface area contributed by atoms with Gasteiger partial charge < -0.3 is 14.1 Å². The molecule has 0 fully saturated rings. The van der Waals surface area contributed by atoms with Gasteiger partial charge in [-0.3, -0.25) is 0 Å². The highest BCUT2D eigenvalue weighted by Crippen LogP contribution is 2.37. The Morgan fingerprint density at radius 1 is 1.30 bits per heavy atom. The van der Waals surface area contributed by atoms with Gasteiger partial charge in [-0.15, -0.1) is 0 Å². The molecule has 1 heterocycles. The van der Waals surface area contributed by atoms with E-state index >= 15 is 0 Å². The minimum atomic E-state index is -3.51. The first kappa shape index (κ1) is 13.5. The number of rotatable bonds is 3. The minimum Gasteiger partial charge on any atom is -0.382 e. The van der Waals surface area contributed by atoms with E-state index in [0.717, 1.165) is 35.6 Å². The lowest BCUT2D eigenvalue weighted by atomic mass is 9.88. The number of H-pyrrole nitrogens is 1. The van der Waals surface area contributed by atoms with Crippen LogP contribution in [-0.4, -0.2) is 44.7 Å². The Morgan fingerprint density at radius 2 is 2.05 bits per heavy atom. The first-order valence-electron chi connectivity index (χ1n) is 6.53. The van der Waals surface area contributed by atoms with Crippen LogP contribution in [0.1, 0.15) is 11.1 Å². The predicted molar refractivity (Wildman–Crippen MR) is 78.7 cm³/mol. The summed E-state index contributed by atoms with van der Waals surface area (Å²) < 4.78 is 28.0. The number of aromatic nitrogens is 1. The normalized spacial score (nSPS) is 18.7. The molecule has 0 saturated heterocycles. The van der Waals surface area contributed by atoms with Crippen LogP contribution in [0.15, 0.2) is 18.3 Å². The van der Waals surface area contributed by atoms with Gasteiger partial charge in [0.15, 0.2) is 0 Å². The molecule has 108 valence electrons. The van der Waals surface area contributed by atoms with Gasteiger partial charge in [-0.05, 0) is 44.6 Å². The van der Waals surface area contributed by atoms with E-state index in [4.69, 9.17) is 4.18 Å². The zero-order chi connectivity index (χ0) is 14.5. The topological polar surface area (TPSA) is 62.4 Å². The largest absolute Gasteiger partial charge is 0.382 e. The van der Waals surface area contributed by atoms with Gasteiger partial charge in [0.25, 0.3) is 0 Å². The Morgan fingerprint density at radius 3 is 2.70 bits per heavy atom. The summed E-state index contributed by atoms with van der Waals surface area (Å²) in [5.41, 5.74) is 3.24. The zero-order valence-corrected chi connectivity index (χ0v) is 12.6. The minimum absolute atomic E-state index is 0.353. The highest BCUT2D eigenvalue weighted by atomic mass is 32.2. The third kappa shape index (κ3) is 2.29. The summed E-state index contributed by atoms with van der Waals surface area (Å²) in [4.78, 5) is 5.41. The first-order valence-corrected chi connectivity index (χ1v) is 8.34. The smallest absolute Gasteiger partial charge is 0.306 e. The monoisotopic (exact) mass is 294 g/mol. The van der Waals surface area contributed by atoms with Crippen molar-refractivity contribution in [3.8, 4) is 5.75 Å². The van der Waals surface area contributed by atoms with Gasteiger partial charge in [0, 0.05) is 28.7 Å². The molecule has 0 radical (unpaired) electrons. The summed E-state index contributed by atoms with van der Waals surface area (Å²) in [6, 6.07) is 3.96. The van der Waals surface area contributed by atoms with Crippen molar-refractivity contribution in [3.63, 3.8) is 0 Å². The highest BCUT2D eigenvalue weighted by Gasteiger charge is 2.26. The fourth-order valence-corrected chi connectivity index (χ4v) is 3.37. The van der Waals surface area contributed by atoms with Gasteiger partial charge in [0.05, 0.1) is 6.26 Å². The number of hydrogen-bond acceptors (Lipinski definition) is 4. The number of nitrogens with one attached hydrogen (secondary N) is 1. The van der Waals surface area contributed by atoms with Crippen LogP contribution in [0.4, 0.5) is 0 Å². The number of benzene rings is 1. The molecule has 20 heavy (non-hydrogen) atoms. The summed E-state index contributed by atoms with van der Waals surface area (Å²) in [7, 11) is 0.571. The van der Waals surface area contributed by atoms with Crippen molar-refractivity contribution in [3.05, 3.63) is 29.5 Å². The molecule has 1 unspecified atom stereocenters. The molecule has 0 bridgehead atoms. The number of likely N-dealkylation sites (N-methyl/N-ethyl adjacent to an activating group) is 1. The van der Waals surface area contributed by atoms with Crippen LogP contribution in [-0.2, 0) is 23.0 Å². The average Bonchev–Trinajstić information content (AvgIpc) is 2.75. The van der Waals surface area contributed by atoms with Crippen molar-refractivity contribution in [2.24, 2.45) is 0 Å². The summed E-state index contributed by atoms with van der Waals surface area (Å²) in [5, 5.41) is 1.12. The van der Waals surface area contributed by atoms with Gasteiger partial charge in [0.2, 0.25) is 0 Å². The molecular weight excluding hydrogens is 276 g/mol. The van der Waals surface area contributed by atoms with E-state index in [1.807, 2.05) is 26.4 Å². The van der Waals surface area contributed by atoms with Gasteiger partial charge in [0.1, 0.15) is 5.75 Å². The van der Waals surface area contributed by atoms with Crippen LogP contribution in [0, 0.1) is 0 Å². The molecule has 1 aromatic heterocycles. The van der Waals surface area contributed by atoms with Crippen molar-refractivity contribution in [2.75, 3.05) is 20.4 Å². The molecular formula is C14H18N2O3S. The summed E-state index contributed by atoms with van der Waals surface area (Å²) in [6.45, 7) is 0. The fourth-order valence-electron chi connectivity index (χ4n) is 2.88. The summed E-state index contributed by atoms with van der Waals surface area (Å²) in [5.74, 6) is 0.451. The highest BCUT2D eigenvalue weighted by molar-refractivity contribution is 7.86. The Hall–Kier alpha value is -1.53. The maximum atomic E-state index is 11.4. The zero-order valence-electron chi connectivity index (χ0n) is 11.8. The van der Waals surface area contributed by atoms with E-state index in [-0.39, 0.29) is 0 Å². The summed E-state index contributed by atoms with van der Waals surface area (Å²) >= 11 is 0. The molecule has 0 saturated carbocycles. The van der Waals surface area contributed by atoms with Crippen molar-refractivity contribution < 1.29 is 12.6 Å². The molecule has 1 aliphatic rings. The Bertz CT molecular complexity index is 762. The second-order valence-electron chi connectivity index (χ2n) is 5.59. The third-order valence-corrected chi connectivity index (χ3v) is 4.34. The van der Waals surface area contributed by atoms with Crippen molar-refractivity contribution >= 4 is 21.0 Å². The molecule has 3 rings (SSSR count). The third-order valence-electron chi connectivity index (χ3n) is 3.86. The van der Waals surface area contributed by atoms with E-state index < -0.39 is 10.1 Å². The number of nitrogens with zero attached hydrogens (tertiary/aromatic N) is 1. The van der Waals surface area contributed by atoms with Crippen molar-refractivity contribution in [2.45, 2.75) is 18.9 Å². The van der Waals surface area contributed by atoms with E-state index in [2.05, 4.69) is 9.88 Å². The standard InChI is InChI=1S/C14H18N2O3S/c1-16(2)10-6-9-8-15-12-4-5-13(19-20(3,17)18)11(7-10)14(9)12/h4-5,8,10,15H,6-7H2,1-3H3. The molecule has 0 spiro atoms. The quantitative estimate of drug-likeness (QED) is 0.872. The maximum Gasteiger partial charge on any atom is 0.306 e. The summed E-state index contributed by atoms with van der Waals surface area (Å²) in [6.07, 6.45) is 4.84. The molecule has 5 nitrogen and oxygen atoms in total. The van der Waals surface area contributed by atoms with Crippen molar-refractivity contribution in [1.82, 2.24) is 9.88 Å². The average molecular weight is 294 g/mol. The Kier molecular flexibility index (Phi) is 3.02. The molecule has 6 heteroatoms. The molecule has 1 aliphatic carbocycles. The van der Waals surface area contributed by atoms with E-state index in [1.165, 1.54) is 5.56 Å². The Labute approximate surface area is 118 Å². The maximum absolute atomic E-state index is 11.4. The van der Waals surface area contributed by atoms with Crippen LogP contribution < -0.4 is 4.18 Å². The second-order valence-corrected chi connectivity index (χ2v) is 7.17. The van der Waals surface area contributed by atoms with Crippen LogP contribution in [0.3, 0.4) is 0 Å². The van der Waals surface area contributed by atoms with Crippen LogP contribution in [0.2, 0.25) is 0 Å². The molecule has 0 amide bonds. The van der Waals surface area contributed by atoms with Gasteiger partial charge >= 0.3 is 10.1 Å². The Balaban J connectivity index is 2.16. The van der Waals surface area contributed by atoms with Gasteiger partial charge in [-0.25, -0.2) is 0 Å². The van der Waals surface area contributed by atoms with Crippen LogP contribution in [0.5, 0.6) is 5.75 Å². The molecule has 1 atom stereocenters. The molecule has 0 aliphatic heterocycles. The number of hydrogen-bond donors (Lipinski definition) is 1. The van der Waals surface area contributed by atoms with Crippen molar-refractivity contribution in [1.29, 1.82) is 0 Å². The van der Waals surface area contributed by atoms with E-state index in [0.29, 0.717) is 11.8 Å². The lowest BCUT2D eigenvalue weighted by molar-refractivity contribution is 0.286. The van der Waals surface area contributed by atoms with Crippen LogP contribution in [0.25, 0.3) is 10.9 Å².